The number of hydrogen-bond acceptors (Lipinski definition) is 2. The van der Waals surface area contributed by atoms with Crippen molar-refractivity contribution >= 4 is 28.5 Å². The molecule has 0 saturated heterocycles. The summed E-state index contributed by atoms with van der Waals surface area (Å²) in [4.78, 5) is 11.7. The summed E-state index contributed by atoms with van der Waals surface area (Å²) >= 11 is 2.15. The number of unbranched alkanes of at least 4 members (excludes halogenated alkanes) is 2. The maximum atomic E-state index is 11.7. The lowest BCUT2D eigenvalue weighted by molar-refractivity contribution is 0.0952. The van der Waals surface area contributed by atoms with Gasteiger partial charge in [0, 0.05) is 16.5 Å². The summed E-state index contributed by atoms with van der Waals surface area (Å²) in [5.74, 6) is -0.0399. The summed E-state index contributed by atoms with van der Waals surface area (Å²) in [6, 6.07) is 9.56. The summed E-state index contributed by atoms with van der Waals surface area (Å²) in [6.45, 7) is 0.630. The summed E-state index contributed by atoms with van der Waals surface area (Å²) in [5, 5.41) is 11.2. The van der Waals surface area contributed by atoms with E-state index in [4.69, 9.17) is 5.26 Å². The number of benzene rings is 1. The second kappa shape index (κ2) is 7.23. The fourth-order valence-corrected chi connectivity index (χ4v) is 1.90. The number of rotatable bonds is 5. The largest absolute Gasteiger partial charge is 0.352 e. The van der Waals surface area contributed by atoms with Gasteiger partial charge in [0.15, 0.2) is 0 Å². The second-order valence-electron chi connectivity index (χ2n) is 3.35. The summed E-state index contributed by atoms with van der Waals surface area (Å²) in [5.41, 5.74) is 0.711. The fourth-order valence-electron chi connectivity index (χ4n) is 1.27. The maximum absolute atomic E-state index is 11.7. The lowest BCUT2D eigenvalue weighted by atomic mass is 10.2. The minimum Gasteiger partial charge on any atom is -0.352 e. The first-order valence-electron chi connectivity index (χ1n) is 5.15. The van der Waals surface area contributed by atoms with Crippen molar-refractivity contribution < 1.29 is 4.79 Å². The monoisotopic (exact) mass is 328 g/mol. The molecule has 4 heteroatoms. The zero-order valence-corrected chi connectivity index (χ0v) is 11.0. The zero-order chi connectivity index (χ0) is 11.8. The van der Waals surface area contributed by atoms with Crippen LogP contribution in [0.5, 0.6) is 0 Å². The van der Waals surface area contributed by atoms with E-state index in [-0.39, 0.29) is 5.91 Å². The Morgan fingerprint density at radius 3 is 2.81 bits per heavy atom. The van der Waals surface area contributed by atoms with Crippen LogP contribution in [0.2, 0.25) is 0 Å². The molecule has 84 valence electrons. The van der Waals surface area contributed by atoms with E-state index >= 15 is 0 Å². The third-order valence-electron chi connectivity index (χ3n) is 2.12. The first kappa shape index (κ1) is 13.0. The van der Waals surface area contributed by atoms with Gasteiger partial charge >= 0.3 is 0 Å². The molecule has 16 heavy (non-hydrogen) atoms. The molecule has 0 aromatic heterocycles. The molecule has 1 amide bonds. The molecule has 1 aromatic rings. The predicted molar refractivity (Wildman–Crippen MR) is 71.0 cm³/mol. The van der Waals surface area contributed by atoms with Crippen LogP contribution in [0.3, 0.4) is 0 Å². The predicted octanol–water partition coefficient (Wildman–Crippen LogP) is 2.71. The van der Waals surface area contributed by atoms with E-state index in [1.165, 1.54) is 0 Å². The maximum Gasteiger partial charge on any atom is 0.252 e. The molecule has 1 N–H and O–H groups in total. The fraction of sp³-hybridized carbons (Fsp3) is 0.333. The normalized spacial score (nSPS) is 9.50. The third-order valence-corrected chi connectivity index (χ3v) is 3.06. The molecule has 0 aliphatic rings. The van der Waals surface area contributed by atoms with E-state index in [0.717, 1.165) is 16.4 Å². The molecule has 3 nitrogen and oxygen atoms in total. The summed E-state index contributed by atoms with van der Waals surface area (Å²) in [7, 11) is 0. The molecule has 1 rings (SSSR count). The number of carbonyl (C=O) groups is 1. The Bertz CT molecular complexity index is 398. The number of amides is 1. The van der Waals surface area contributed by atoms with Gasteiger partial charge in [0.1, 0.15) is 0 Å². The topological polar surface area (TPSA) is 52.9 Å². The number of halogens is 1. The molecule has 0 fully saturated rings. The molecule has 0 aliphatic heterocycles. The van der Waals surface area contributed by atoms with E-state index in [1.807, 2.05) is 24.3 Å². The number of hydrogen-bond donors (Lipinski definition) is 1. The molecule has 0 aliphatic carbocycles. The Kier molecular flexibility index (Phi) is 5.86. The lowest BCUT2D eigenvalue weighted by Crippen LogP contribution is -2.25. The average molecular weight is 328 g/mol. The number of nitriles is 1. The van der Waals surface area contributed by atoms with Gasteiger partial charge in [0.05, 0.1) is 11.6 Å². The highest BCUT2D eigenvalue weighted by Crippen LogP contribution is 2.10. The first-order valence-corrected chi connectivity index (χ1v) is 6.23. The number of nitrogens with zero attached hydrogens (tertiary/aromatic N) is 1. The van der Waals surface area contributed by atoms with Gasteiger partial charge in [-0.25, -0.2) is 0 Å². The summed E-state index contributed by atoms with van der Waals surface area (Å²) in [6.07, 6.45) is 2.24. The second-order valence-corrected chi connectivity index (χ2v) is 4.51. The Hall–Kier alpha value is -1.09. The van der Waals surface area contributed by atoms with Crippen LogP contribution in [0.25, 0.3) is 0 Å². The van der Waals surface area contributed by atoms with Crippen LogP contribution in [0.1, 0.15) is 29.6 Å². The Morgan fingerprint density at radius 2 is 2.12 bits per heavy atom. The molecule has 0 atom stereocenters. The molecule has 0 radical (unpaired) electrons. The van der Waals surface area contributed by atoms with Crippen LogP contribution in [0.4, 0.5) is 0 Å². The molecule has 1 aromatic carbocycles. The van der Waals surface area contributed by atoms with E-state index in [9.17, 15) is 4.79 Å². The van der Waals surface area contributed by atoms with Crippen molar-refractivity contribution in [3.05, 3.63) is 33.4 Å². The zero-order valence-electron chi connectivity index (χ0n) is 8.87. The smallest absolute Gasteiger partial charge is 0.252 e. The van der Waals surface area contributed by atoms with E-state index in [2.05, 4.69) is 34.0 Å². The third kappa shape index (κ3) is 4.19. The van der Waals surface area contributed by atoms with Gasteiger partial charge in [0.2, 0.25) is 0 Å². The molecule has 0 bridgehead atoms. The van der Waals surface area contributed by atoms with Gasteiger partial charge in [-0.3, -0.25) is 4.79 Å². The van der Waals surface area contributed by atoms with Gasteiger partial charge < -0.3 is 5.32 Å². The van der Waals surface area contributed by atoms with E-state index in [1.54, 1.807) is 0 Å². The highest BCUT2D eigenvalue weighted by Gasteiger charge is 2.07. The van der Waals surface area contributed by atoms with Crippen molar-refractivity contribution in [3.63, 3.8) is 0 Å². The minimum absolute atomic E-state index is 0.0399. The van der Waals surface area contributed by atoms with Crippen molar-refractivity contribution in [2.45, 2.75) is 19.3 Å². The highest BCUT2D eigenvalue weighted by molar-refractivity contribution is 14.1. The summed E-state index contributed by atoms with van der Waals surface area (Å²) < 4.78 is 0.953. The van der Waals surface area contributed by atoms with Crippen LogP contribution in [-0.4, -0.2) is 12.5 Å². The quantitative estimate of drug-likeness (QED) is 0.667. The molecular weight excluding hydrogens is 315 g/mol. The molecular formula is C12H13IN2O. The van der Waals surface area contributed by atoms with Gasteiger partial charge in [-0.1, -0.05) is 12.1 Å². The van der Waals surface area contributed by atoms with Crippen molar-refractivity contribution in [3.8, 4) is 6.07 Å². The van der Waals surface area contributed by atoms with E-state index in [0.29, 0.717) is 18.5 Å². The van der Waals surface area contributed by atoms with Crippen molar-refractivity contribution in [2.75, 3.05) is 6.54 Å². The SMILES string of the molecule is N#CCCCCNC(=O)c1ccccc1I. The first-order chi connectivity index (χ1) is 7.75. The van der Waals surface area contributed by atoms with Crippen molar-refractivity contribution in [1.29, 1.82) is 5.26 Å². The van der Waals surface area contributed by atoms with Crippen LogP contribution in [0.15, 0.2) is 24.3 Å². The highest BCUT2D eigenvalue weighted by atomic mass is 127. The van der Waals surface area contributed by atoms with Crippen molar-refractivity contribution in [1.82, 2.24) is 5.32 Å². The van der Waals surface area contributed by atoms with Gasteiger partial charge in [-0.15, -0.1) is 0 Å². The average Bonchev–Trinajstić information content (AvgIpc) is 2.29. The molecule has 0 heterocycles. The van der Waals surface area contributed by atoms with E-state index < -0.39 is 0 Å². The van der Waals surface area contributed by atoms with Crippen molar-refractivity contribution in [2.24, 2.45) is 0 Å². The molecule has 0 unspecified atom stereocenters. The number of nitrogens with one attached hydrogen (secondary N) is 1. The van der Waals surface area contributed by atoms with Crippen LogP contribution < -0.4 is 5.32 Å². The van der Waals surface area contributed by atoms with Crippen LogP contribution >= 0.6 is 22.6 Å². The molecule has 0 saturated carbocycles. The Labute approximate surface area is 109 Å². The molecule has 0 spiro atoms. The lowest BCUT2D eigenvalue weighted by Gasteiger charge is -2.05. The minimum atomic E-state index is -0.0399. The van der Waals surface area contributed by atoms with Gasteiger partial charge in [0.25, 0.3) is 5.91 Å². The van der Waals surface area contributed by atoms with Crippen LogP contribution in [0, 0.1) is 14.9 Å². The Morgan fingerprint density at radius 1 is 1.38 bits per heavy atom. The Balaban J connectivity index is 2.36. The standard InChI is InChI=1S/C12H13IN2O/c13-11-7-3-2-6-10(11)12(16)15-9-5-1-4-8-14/h2-3,6-7H,1,4-5,9H2,(H,15,16). The van der Waals surface area contributed by atoms with Gasteiger partial charge in [-0.2, -0.15) is 5.26 Å². The van der Waals surface area contributed by atoms with Crippen LogP contribution in [-0.2, 0) is 0 Å². The number of carbonyl (C=O) groups excluding carboxylic acids is 1. The van der Waals surface area contributed by atoms with Gasteiger partial charge in [-0.05, 0) is 47.6 Å².